The Morgan fingerprint density at radius 2 is 1.97 bits per heavy atom. The number of anilines is 1. The maximum atomic E-state index is 12.8. The van der Waals surface area contributed by atoms with E-state index in [0.29, 0.717) is 25.2 Å². The summed E-state index contributed by atoms with van der Waals surface area (Å²) in [5.74, 6) is -3.50. The van der Waals surface area contributed by atoms with Crippen LogP contribution in [0.3, 0.4) is 0 Å². The third-order valence-corrected chi connectivity index (χ3v) is 6.42. The molecule has 9 nitrogen and oxygen atoms in total. The van der Waals surface area contributed by atoms with Crippen LogP contribution in [0.1, 0.15) is 23.2 Å². The number of phenolic OH excluding ortho intramolecular Hbond substituents is 2. The lowest BCUT2D eigenvalue weighted by Crippen LogP contribution is -2.32. The van der Waals surface area contributed by atoms with Crippen molar-refractivity contribution in [2.75, 3.05) is 17.9 Å². The third-order valence-electron chi connectivity index (χ3n) is 4.53. The molecule has 3 rings (SSSR count). The summed E-state index contributed by atoms with van der Waals surface area (Å²) in [6.07, 6.45) is -3.98. The lowest BCUT2D eigenvalue weighted by atomic mass is 10.1. The molecule has 1 atom stereocenters. The maximum absolute atomic E-state index is 12.8. The number of halogens is 4. The molecular formula is C19H18BrF3N2O7S. The molecule has 2 aromatic rings. The highest BCUT2D eigenvalue weighted by Crippen LogP contribution is 2.37. The molecule has 0 aliphatic carbocycles. The SMILES string of the molecule is O=C(NCC1CCCO1)c1cc(OC(F)(F)F)cc(NS(=O)(=O)c2cc(Br)ccc2O)c1O. The number of rotatable bonds is 7. The maximum Gasteiger partial charge on any atom is 0.573 e. The molecule has 1 amide bonds. The zero-order chi connectivity index (χ0) is 24.4. The minimum absolute atomic E-state index is 0.0373. The number of alkyl halides is 3. The van der Waals surface area contributed by atoms with Crippen molar-refractivity contribution in [3.8, 4) is 17.2 Å². The first-order valence-electron chi connectivity index (χ1n) is 9.39. The Labute approximate surface area is 194 Å². The van der Waals surface area contributed by atoms with Crippen LogP contribution in [0.25, 0.3) is 0 Å². The van der Waals surface area contributed by atoms with E-state index in [0.717, 1.165) is 18.6 Å². The topological polar surface area (TPSA) is 134 Å². The fourth-order valence-corrected chi connectivity index (χ4v) is 4.75. The average molecular weight is 555 g/mol. The molecule has 1 saturated heterocycles. The Hall–Kier alpha value is -2.71. The highest BCUT2D eigenvalue weighted by Gasteiger charge is 2.33. The van der Waals surface area contributed by atoms with Crippen LogP contribution in [0.2, 0.25) is 0 Å². The summed E-state index contributed by atoms with van der Waals surface area (Å²) in [5, 5.41) is 22.8. The van der Waals surface area contributed by atoms with E-state index >= 15 is 0 Å². The second-order valence-electron chi connectivity index (χ2n) is 6.98. The molecule has 4 N–H and O–H groups in total. The molecule has 0 saturated carbocycles. The molecule has 0 bridgehead atoms. The average Bonchev–Trinajstić information content (AvgIpc) is 3.22. The molecule has 1 aliphatic rings. The number of hydrogen-bond acceptors (Lipinski definition) is 7. The van der Waals surface area contributed by atoms with Gasteiger partial charge in [-0.2, -0.15) is 0 Å². The second kappa shape index (κ2) is 9.65. The van der Waals surface area contributed by atoms with Gasteiger partial charge in [0.2, 0.25) is 0 Å². The molecule has 2 aromatic carbocycles. The van der Waals surface area contributed by atoms with Gasteiger partial charge in [-0.25, -0.2) is 8.42 Å². The monoisotopic (exact) mass is 554 g/mol. The van der Waals surface area contributed by atoms with Gasteiger partial charge in [0.1, 0.15) is 16.4 Å². The van der Waals surface area contributed by atoms with Gasteiger partial charge in [-0.3, -0.25) is 9.52 Å². The Kier molecular flexibility index (Phi) is 7.29. The standard InChI is InChI=1S/C19H18BrF3N2O7S/c20-10-3-4-15(26)16(6-10)33(29,30)25-14-8-12(32-19(21,22)23)7-13(17(14)27)18(28)24-9-11-2-1-5-31-11/h3-4,6-8,11,25-27H,1-2,5,9H2,(H,24,28). The van der Waals surface area contributed by atoms with E-state index in [-0.39, 0.29) is 17.1 Å². The molecule has 0 radical (unpaired) electrons. The van der Waals surface area contributed by atoms with Crippen molar-refractivity contribution in [2.24, 2.45) is 0 Å². The fraction of sp³-hybridized carbons (Fsp3) is 0.316. The fourth-order valence-electron chi connectivity index (χ4n) is 3.06. The van der Waals surface area contributed by atoms with Crippen molar-refractivity contribution in [3.63, 3.8) is 0 Å². The Bertz CT molecular complexity index is 1150. The zero-order valence-corrected chi connectivity index (χ0v) is 19.1. The predicted molar refractivity (Wildman–Crippen MR) is 113 cm³/mol. The first kappa shape index (κ1) is 24.9. The second-order valence-corrected chi connectivity index (χ2v) is 9.54. The van der Waals surface area contributed by atoms with Gasteiger partial charge in [-0.15, -0.1) is 13.2 Å². The summed E-state index contributed by atoms with van der Waals surface area (Å²) in [6, 6.07) is 4.67. The highest BCUT2D eigenvalue weighted by molar-refractivity contribution is 9.10. The van der Waals surface area contributed by atoms with E-state index in [1.54, 1.807) is 0 Å². The van der Waals surface area contributed by atoms with Crippen LogP contribution in [-0.2, 0) is 14.8 Å². The number of carbonyl (C=O) groups is 1. The molecule has 33 heavy (non-hydrogen) atoms. The lowest BCUT2D eigenvalue weighted by Gasteiger charge is -2.17. The molecular weight excluding hydrogens is 537 g/mol. The molecule has 1 aliphatic heterocycles. The van der Waals surface area contributed by atoms with Crippen LogP contribution in [0.4, 0.5) is 18.9 Å². The summed E-state index contributed by atoms with van der Waals surface area (Å²) < 4.78 is 75.1. The highest BCUT2D eigenvalue weighted by atomic mass is 79.9. The zero-order valence-electron chi connectivity index (χ0n) is 16.6. The van der Waals surface area contributed by atoms with Crippen molar-refractivity contribution in [1.29, 1.82) is 0 Å². The normalized spacial score (nSPS) is 16.4. The first-order valence-corrected chi connectivity index (χ1v) is 11.7. The van der Waals surface area contributed by atoms with Gasteiger partial charge in [0.05, 0.1) is 17.4 Å². The number of nitrogens with one attached hydrogen (secondary N) is 2. The van der Waals surface area contributed by atoms with Gasteiger partial charge >= 0.3 is 6.36 Å². The number of carbonyl (C=O) groups excluding carboxylic acids is 1. The van der Waals surface area contributed by atoms with Crippen molar-refractivity contribution >= 4 is 37.5 Å². The van der Waals surface area contributed by atoms with Crippen molar-refractivity contribution in [3.05, 3.63) is 40.4 Å². The number of aromatic hydroxyl groups is 2. The Morgan fingerprint density at radius 1 is 1.24 bits per heavy atom. The van der Waals surface area contributed by atoms with Crippen LogP contribution in [0.15, 0.2) is 39.7 Å². The van der Waals surface area contributed by atoms with E-state index < -0.39 is 55.7 Å². The number of hydrogen-bond donors (Lipinski definition) is 4. The largest absolute Gasteiger partial charge is 0.573 e. The summed E-state index contributed by atoms with van der Waals surface area (Å²) in [6.45, 7) is 0.546. The van der Waals surface area contributed by atoms with Gasteiger partial charge < -0.3 is 25.0 Å². The van der Waals surface area contributed by atoms with Crippen LogP contribution in [0, 0.1) is 0 Å². The van der Waals surface area contributed by atoms with Crippen molar-refractivity contribution < 1.29 is 46.1 Å². The Morgan fingerprint density at radius 3 is 2.61 bits per heavy atom. The quantitative estimate of drug-likeness (QED) is 0.385. The summed E-state index contributed by atoms with van der Waals surface area (Å²) in [4.78, 5) is 11.9. The van der Waals surface area contributed by atoms with Crippen LogP contribution in [-0.4, -0.2) is 50.2 Å². The van der Waals surface area contributed by atoms with Crippen LogP contribution >= 0.6 is 15.9 Å². The minimum atomic E-state index is -5.15. The third kappa shape index (κ3) is 6.42. The van der Waals surface area contributed by atoms with Gasteiger partial charge in [0.25, 0.3) is 15.9 Å². The summed E-state index contributed by atoms with van der Waals surface area (Å²) in [7, 11) is -4.60. The van der Waals surface area contributed by atoms with E-state index in [1.165, 1.54) is 6.07 Å². The number of phenols is 2. The van der Waals surface area contributed by atoms with Crippen molar-refractivity contribution in [1.82, 2.24) is 5.32 Å². The van der Waals surface area contributed by atoms with Crippen LogP contribution < -0.4 is 14.8 Å². The molecule has 1 heterocycles. The molecule has 1 fully saturated rings. The molecule has 1 unspecified atom stereocenters. The van der Waals surface area contributed by atoms with E-state index in [9.17, 15) is 36.6 Å². The van der Waals surface area contributed by atoms with E-state index in [2.05, 4.69) is 26.0 Å². The molecule has 0 aromatic heterocycles. The Balaban J connectivity index is 1.97. The van der Waals surface area contributed by atoms with E-state index in [1.807, 2.05) is 4.72 Å². The first-order chi connectivity index (χ1) is 15.4. The number of ether oxygens (including phenoxy) is 2. The predicted octanol–water partition coefficient (Wildman–Crippen LogP) is 3.47. The number of benzene rings is 2. The van der Waals surface area contributed by atoms with Gasteiger partial charge in [-0.1, -0.05) is 15.9 Å². The minimum Gasteiger partial charge on any atom is -0.507 e. The summed E-state index contributed by atoms with van der Waals surface area (Å²) in [5.41, 5.74) is -1.43. The summed E-state index contributed by atoms with van der Waals surface area (Å²) >= 11 is 3.05. The van der Waals surface area contributed by atoms with Crippen LogP contribution in [0.5, 0.6) is 17.2 Å². The molecule has 14 heteroatoms. The number of amides is 1. The van der Waals surface area contributed by atoms with Crippen molar-refractivity contribution in [2.45, 2.75) is 30.2 Å². The molecule has 180 valence electrons. The molecule has 0 spiro atoms. The smallest absolute Gasteiger partial charge is 0.507 e. The lowest BCUT2D eigenvalue weighted by molar-refractivity contribution is -0.274. The van der Waals surface area contributed by atoms with Gasteiger partial charge in [0.15, 0.2) is 5.75 Å². The van der Waals surface area contributed by atoms with E-state index in [4.69, 9.17) is 4.74 Å². The number of sulfonamides is 1. The van der Waals surface area contributed by atoms with Gasteiger partial charge in [-0.05, 0) is 37.1 Å². The van der Waals surface area contributed by atoms with Gasteiger partial charge in [0, 0.05) is 23.7 Å².